The topological polar surface area (TPSA) is 69.3 Å². The predicted molar refractivity (Wildman–Crippen MR) is 117 cm³/mol. The fourth-order valence-corrected chi connectivity index (χ4v) is 4.13. The number of para-hydroxylation sites is 1. The first-order valence-electron chi connectivity index (χ1n) is 9.38. The van der Waals surface area contributed by atoms with Crippen LogP contribution in [0.15, 0.2) is 52.2 Å². The van der Waals surface area contributed by atoms with Gasteiger partial charge in [0, 0.05) is 31.1 Å². The maximum absolute atomic E-state index is 12.9. The van der Waals surface area contributed by atoms with Gasteiger partial charge in [0.05, 0.1) is 28.0 Å². The standard InChI is InChI=1S/C21H21ClN4O2S/c1-29-14-6-7-17(22)16(12-14)21(28)26-10-8-25(9-11-26)13-19-23-18-5-3-2-4-15(18)20(27)24-19/h2-7,12H,8-11,13H2,1H3,(H,23,24,27). The number of benzene rings is 2. The first-order valence-corrected chi connectivity index (χ1v) is 11.0. The summed E-state index contributed by atoms with van der Waals surface area (Å²) in [7, 11) is 0. The molecule has 1 saturated heterocycles. The first kappa shape index (κ1) is 19.9. The van der Waals surface area contributed by atoms with Crippen molar-refractivity contribution in [1.29, 1.82) is 0 Å². The second kappa shape index (κ2) is 8.57. The molecule has 6 nitrogen and oxygen atoms in total. The van der Waals surface area contributed by atoms with E-state index < -0.39 is 0 Å². The number of carbonyl (C=O) groups is 1. The van der Waals surface area contributed by atoms with E-state index >= 15 is 0 Å². The number of nitrogens with zero attached hydrogens (tertiary/aromatic N) is 3. The quantitative estimate of drug-likeness (QED) is 0.646. The molecule has 2 aromatic carbocycles. The summed E-state index contributed by atoms with van der Waals surface area (Å²) < 4.78 is 0. The fraction of sp³-hybridized carbons (Fsp3) is 0.286. The van der Waals surface area contributed by atoms with Crippen LogP contribution in [0.2, 0.25) is 5.02 Å². The molecule has 1 fully saturated rings. The molecule has 0 spiro atoms. The van der Waals surface area contributed by atoms with Gasteiger partial charge in [0.15, 0.2) is 0 Å². The van der Waals surface area contributed by atoms with Crippen LogP contribution in [-0.2, 0) is 6.54 Å². The Kier molecular flexibility index (Phi) is 5.89. The molecular formula is C21H21ClN4O2S. The third kappa shape index (κ3) is 4.32. The van der Waals surface area contributed by atoms with E-state index in [2.05, 4.69) is 14.9 Å². The van der Waals surface area contributed by atoms with Crippen LogP contribution >= 0.6 is 23.4 Å². The largest absolute Gasteiger partial charge is 0.336 e. The molecular weight excluding hydrogens is 408 g/mol. The van der Waals surface area contributed by atoms with Crippen molar-refractivity contribution in [2.45, 2.75) is 11.4 Å². The van der Waals surface area contributed by atoms with E-state index in [1.54, 1.807) is 23.9 Å². The minimum absolute atomic E-state index is 0.0391. The molecule has 1 aliphatic rings. The highest BCUT2D eigenvalue weighted by atomic mass is 35.5. The van der Waals surface area contributed by atoms with Gasteiger partial charge in [0.25, 0.3) is 11.5 Å². The number of aromatic nitrogens is 2. The SMILES string of the molecule is CSc1ccc(Cl)c(C(=O)N2CCN(Cc3nc4ccccc4c(=O)[nH]3)CC2)c1. The van der Waals surface area contributed by atoms with Crippen molar-refractivity contribution in [2.75, 3.05) is 32.4 Å². The number of halogens is 1. The summed E-state index contributed by atoms with van der Waals surface area (Å²) in [6, 6.07) is 12.9. The van der Waals surface area contributed by atoms with Gasteiger partial charge in [-0.2, -0.15) is 0 Å². The third-order valence-electron chi connectivity index (χ3n) is 5.10. The summed E-state index contributed by atoms with van der Waals surface area (Å²) in [6.45, 7) is 3.18. The summed E-state index contributed by atoms with van der Waals surface area (Å²) in [5.41, 5.74) is 1.12. The fourth-order valence-electron chi connectivity index (χ4n) is 3.50. The van der Waals surface area contributed by atoms with Crippen molar-refractivity contribution in [3.63, 3.8) is 0 Å². The van der Waals surface area contributed by atoms with Crippen LogP contribution in [0, 0.1) is 0 Å². The van der Waals surface area contributed by atoms with Crippen LogP contribution in [0.3, 0.4) is 0 Å². The molecule has 2 heterocycles. The molecule has 4 rings (SSSR count). The zero-order chi connectivity index (χ0) is 20.4. The van der Waals surface area contributed by atoms with Crippen molar-refractivity contribution in [2.24, 2.45) is 0 Å². The zero-order valence-corrected chi connectivity index (χ0v) is 17.6. The van der Waals surface area contributed by atoms with E-state index in [0.717, 1.165) is 4.90 Å². The Morgan fingerprint density at radius 3 is 2.69 bits per heavy atom. The second-order valence-corrected chi connectivity index (χ2v) is 8.23. The lowest BCUT2D eigenvalue weighted by Crippen LogP contribution is -2.48. The van der Waals surface area contributed by atoms with Crippen molar-refractivity contribution in [1.82, 2.24) is 19.8 Å². The van der Waals surface area contributed by atoms with Crippen LogP contribution in [0.4, 0.5) is 0 Å². The summed E-state index contributed by atoms with van der Waals surface area (Å²) in [5.74, 6) is 0.604. The molecule has 1 aliphatic heterocycles. The highest BCUT2D eigenvalue weighted by molar-refractivity contribution is 7.98. The maximum Gasteiger partial charge on any atom is 0.258 e. The number of hydrogen-bond acceptors (Lipinski definition) is 5. The number of aromatic amines is 1. The van der Waals surface area contributed by atoms with E-state index in [0.29, 0.717) is 60.0 Å². The molecule has 150 valence electrons. The normalized spacial score (nSPS) is 15.0. The summed E-state index contributed by atoms with van der Waals surface area (Å²) >= 11 is 7.84. The Morgan fingerprint density at radius 1 is 1.17 bits per heavy atom. The number of nitrogens with one attached hydrogen (secondary N) is 1. The molecule has 3 aromatic rings. The van der Waals surface area contributed by atoms with Gasteiger partial charge in [-0.3, -0.25) is 14.5 Å². The van der Waals surface area contributed by atoms with Crippen molar-refractivity contribution in [3.8, 4) is 0 Å². The van der Waals surface area contributed by atoms with Gasteiger partial charge in [-0.15, -0.1) is 11.8 Å². The maximum atomic E-state index is 12.9. The highest BCUT2D eigenvalue weighted by Gasteiger charge is 2.24. The van der Waals surface area contributed by atoms with Crippen molar-refractivity contribution in [3.05, 3.63) is 69.2 Å². The van der Waals surface area contributed by atoms with Gasteiger partial charge < -0.3 is 9.88 Å². The molecule has 1 aromatic heterocycles. The Labute approximate surface area is 177 Å². The van der Waals surface area contributed by atoms with Crippen LogP contribution in [0.1, 0.15) is 16.2 Å². The van der Waals surface area contributed by atoms with Crippen molar-refractivity contribution < 1.29 is 4.79 Å². The smallest absolute Gasteiger partial charge is 0.258 e. The van der Waals surface area contributed by atoms with Crippen LogP contribution in [-0.4, -0.2) is 58.1 Å². The number of thioether (sulfide) groups is 1. The van der Waals surface area contributed by atoms with Crippen LogP contribution in [0.25, 0.3) is 10.9 Å². The van der Waals surface area contributed by atoms with Crippen molar-refractivity contribution >= 4 is 40.2 Å². The number of rotatable bonds is 4. The first-order chi connectivity index (χ1) is 14.0. The average molecular weight is 429 g/mol. The molecule has 0 atom stereocenters. The lowest BCUT2D eigenvalue weighted by molar-refractivity contribution is 0.0625. The number of hydrogen-bond donors (Lipinski definition) is 1. The molecule has 8 heteroatoms. The Hall–Kier alpha value is -2.35. The Bertz CT molecular complexity index is 1110. The predicted octanol–water partition coefficient (Wildman–Crippen LogP) is 3.26. The third-order valence-corrected chi connectivity index (χ3v) is 6.15. The van der Waals surface area contributed by atoms with Gasteiger partial charge >= 0.3 is 0 Å². The molecule has 0 radical (unpaired) electrons. The summed E-state index contributed by atoms with van der Waals surface area (Å²) in [6.07, 6.45) is 1.97. The number of fused-ring (bicyclic) bond motifs is 1. The minimum atomic E-state index is -0.122. The van der Waals surface area contributed by atoms with Gasteiger partial charge in [-0.05, 0) is 36.6 Å². The van der Waals surface area contributed by atoms with Gasteiger partial charge in [0.2, 0.25) is 0 Å². The number of piperazine rings is 1. The Balaban J connectivity index is 1.42. The Morgan fingerprint density at radius 2 is 1.93 bits per heavy atom. The zero-order valence-electron chi connectivity index (χ0n) is 16.0. The van der Waals surface area contributed by atoms with E-state index in [4.69, 9.17) is 11.6 Å². The average Bonchev–Trinajstić information content (AvgIpc) is 2.74. The van der Waals surface area contributed by atoms with Gasteiger partial charge in [-0.1, -0.05) is 23.7 Å². The van der Waals surface area contributed by atoms with E-state index in [1.807, 2.05) is 41.5 Å². The number of amides is 1. The summed E-state index contributed by atoms with van der Waals surface area (Å²) in [4.78, 5) is 37.6. The minimum Gasteiger partial charge on any atom is -0.336 e. The molecule has 0 aliphatic carbocycles. The van der Waals surface area contributed by atoms with Crippen LogP contribution in [0.5, 0.6) is 0 Å². The van der Waals surface area contributed by atoms with E-state index in [9.17, 15) is 9.59 Å². The monoisotopic (exact) mass is 428 g/mol. The molecule has 29 heavy (non-hydrogen) atoms. The second-order valence-electron chi connectivity index (χ2n) is 6.94. The molecule has 0 bridgehead atoms. The molecule has 1 N–H and O–H groups in total. The lowest BCUT2D eigenvalue weighted by atomic mass is 10.1. The van der Waals surface area contributed by atoms with Gasteiger partial charge in [-0.25, -0.2) is 4.98 Å². The van der Waals surface area contributed by atoms with Gasteiger partial charge in [0.1, 0.15) is 5.82 Å². The van der Waals surface area contributed by atoms with E-state index in [-0.39, 0.29) is 11.5 Å². The number of H-pyrrole nitrogens is 1. The summed E-state index contributed by atoms with van der Waals surface area (Å²) in [5, 5.41) is 1.07. The molecule has 0 unspecified atom stereocenters. The lowest BCUT2D eigenvalue weighted by Gasteiger charge is -2.34. The molecule has 1 amide bonds. The van der Waals surface area contributed by atoms with E-state index in [1.165, 1.54) is 0 Å². The molecule has 0 saturated carbocycles. The van der Waals surface area contributed by atoms with Crippen LogP contribution < -0.4 is 5.56 Å². The highest BCUT2D eigenvalue weighted by Crippen LogP contribution is 2.24. The number of carbonyl (C=O) groups excluding carboxylic acids is 1.